The fraction of sp³-hybridized carbons (Fsp3) is 0.875. The van der Waals surface area contributed by atoms with Gasteiger partial charge < -0.3 is 5.11 Å². The van der Waals surface area contributed by atoms with Gasteiger partial charge in [-0.25, -0.2) is 4.39 Å². The number of carboxylic acid groups (broad SMARTS) is 1. The number of alkyl halides is 1. The van der Waals surface area contributed by atoms with E-state index in [9.17, 15) is 9.18 Å². The summed E-state index contributed by atoms with van der Waals surface area (Å²) in [5.74, 6) is -0.882. The van der Waals surface area contributed by atoms with Gasteiger partial charge in [0.15, 0.2) is 0 Å². The molecule has 1 heterocycles. The summed E-state index contributed by atoms with van der Waals surface area (Å²) in [5, 5.41) is 8.47. The van der Waals surface area contributed by atoms with Gasteiger partial charge >= 0.3 is 5.97 Å². The third-order valence-electron chi connectivity index (χ3n) is 2.08. The first-order chi connectivity index (χ1) is 5.49. The second-order valence-corrected chi connectivity index (χ2v) is 3.62. The summed E-state index contributed by atoms with van der Waals surface area (Å²) in [6.45, 7) is 2.44. The zero-order valence-electron chi connectivity index (χ0n) is 7.22. The second-order valence-electron chi connectivity index (χ2n) is 3.62. The van der Waals surface area contributed by atoms with Gasteiger partial charge in [0.05, 0.1) is 6.54 Å². The maximum atomic E-state index is 13.3. The van der Waals surface area contributed by atoms with E-state index in [0.29, 0.717) is 13.0 Å². The van der Waals surface area contributed by atoms with Crippen LogP contribution < -0.4 is 0 Å². The van der Waals surface area contributed by atoms with Crippen molar-refractivity contribution in [1.29, 1.82) is 0 Å². The predicted molar refractivity (Wildman–Crippen MR) is 42.8 cm³/mol. The number of hydrogen-bond acceptors (Lipinski definition) is 2. The van der Waals surface area contributed by atoms with E-state index in [2.05, 4.69) is 0 Å². The number of aliphatic carboxylic acids is 1. The number of piperidine rings is 1. The van der Waals surface area contributed by atoms with Gasteiger partial charge in [-0.1, -0.05) is 0 Å². The van der Waals surface area contributed by atoms with Gasteiger partial charge in [0.1, 0.15) is 5.67 Å². The van der Waals surface area contributed by atoms with E-state index in [1.165, 1.54) is 6.92 Å². The summed E-state index contributed by atoms with van der Waals surface area (Å²) >= 11 is 0. The number of carbonyl (C=O) groups is 1. The minimum Gasteiger partial charge on any atom is -0.480 e. The molecule has 4 heteroatoms. The molecule has 0 radical (unpaired) electrons. The zero-order valence-corrected chi connectivity index (χ0v) is 7.22. The molecule has 70 valence electrons. The summed E-state index contributed by atoms with van der Waals surface area (Å²) in [4.78, 5) is 12.0. The number of likely N-dealkylation sites (tertiary alicyclic amines) is 1. The molecule has 3 nitrogen and oxygen atoms in total. The topological polar surface area (TPSA) is 40.5 Å². The normalized spacial score (nSPS) is 31.8. The van der Waals surface area contributed by atoms with Crippen LogP contribution in [-0.4, -0.2) is 41.3 Å². The van der Waals surface area contributed by atoms with Gasteiger partial charge in [-0.2, -0.15) is 0 Å². The van der Waals surface area contributed by atoms with Gasteiger partial charge in [0.25, 0.3) is 0 Å². The number of nitrogens with zero attached hydrogens (tertiary/aromatic N) is 1. The Labute approximate surface area is 71.2 Å². The lowest BCUT2D eigenvalue weighted by atomic mass is 9.97. The zero-order chi connectivity index (χ0) is 9.19. The molecule has 0 aliphatic carbocycles. The van der Waals surface area contributed by atoms with Crippen LogP contribution in [0, 0.1) is 0 Å². The van der Waals surface area contributed by atoms with Crippen molar-refractivity contribution in [3.05, 3.63) is 0 Å². The molecule has 0 amide bonds. The second kappa shape index (κ2) is 3.39. The van der Waals surface area contributed by atoms with E-state index in [-0.39, 0.29) is 13.1 Å². The third-order valence-corrected chi connectivity index (χ3v) is 2.08. The average molecular weight is 175 g/mol. The number of hydrogen-bond donors (Lipinski definition) is 1. The molecule has 0 aromatic heterocycles. The Balaban J connectivity index is 2.41. The van der Waals surface area contributed by atoms with Crippen LogP contribution in [0.15, 0.2) is 0 Å². The standard InChI is InChI=1S/C8H14FNO2/c1-8(9)3-2-4-10(6-8)5-7(11)12/h2-6H2,1H3,(H,11,12). The van der Waals surface area contributed by atoms with E-state index in [0.717, 1.165) is 6.42 Å². The molecule has 0 spiro atoms. The minimum absolute atomic E-state index is 0.0422. The molecule has 12 heavy (non-hydrogen) atoms. The molecule has 1 saturated heterocycles. The summed E-state index contributed by atoms with van der Waals surface area (Å²) in [6, 6.07) is 0. The van der Waals surface area contributed by atoms with Gasteiger partial charge in [0.2, 0.25) is 0 Å². The summed E-state index contributed by atoms with van der Waals surface area (Å²) in [5.41, 5.74) is -1.20. The Morgan fingerprint density at radius 3 is 2.92 bits per heavy atom. The van der Waals surface area contributed by atoms with Crippen molar-refractivity contribution >= 4 is 5.97 Å². The van der Waals surface area contributed by atoms with Crippen molar-refractivity contribution in [2.24, 2.45) is 0 Å². The van der Waals surface area contributed by atoms with Crippen LogP contribution >= 0.6 is 0 Å². The fourth-order valence-corrected chi connectivity index (χ4v) is 1.62. The van der Waals surface area contributed by atoms with Crippen LogP contribution in [0.1, 0.15) is 19.8 Å². The molecular weight excluding hydrogens is 161 g/mol. The maximum absolute atomic E-state index is 13.3. The molecule has 1 fully saturated rings. The Kier molecular flexibility index (Phi) is 2.67. The highest BCUT2D eigenvalue weighted by Crippen LogP contribution is 2.23. The third kappa shape index (κ3) is 2.77. The quantitative estimate of drug-likeness (QED) is 0.677. The van der Waals surface area contributed by atoms with Crippen LogP contribution in [0.3, 0.4) is 0 Å². The molecule has 0 saturated carbocycles. The first kappa shape index (κ1) is 9.45. The van der Waals surface area contributed by atoms with Crippen LogP contribution in [-0.2, 0) is 4.79 Å². The van der Waals surface area contributed by atoms with Crippen LogP contribution in [0.25, 0.3) is 0 Å². The van der Waals surface area contributed by atoms with E-state index in [1.807, 2.05) is 0 Å². The van der Waals surface area contributed by atoms with E-state index < -0.39 is 11.6 Å². The number of rotatable bonds is 2. The van der Waals surface area contributed by atoms with Gasteiger partial charge in [0, 0.05) is 6.54 Å². The SMILES string of the molecule is CC1(F)CCCN(CC(=O)O)C1. The van der Waals surface area contributed by atoms with Crippen LogP contribution in [0.4, 0.5) is 4.39 Å². The largest absolute Gasteiger partial charge is 0.480 e. The summed E-state index contributed by atoms with van der Waals surface area (Å²) < 4.78 is 13.3. The van der Waals surface area contributed by atoms with Crippen LogP contribution in [0.2, 0.25) is 0 Å². The number of halogens is 1. The highest BCUT2D eigenvalue weighted by Gasteiger charge is 2.30. The van der Waals surface area contributed by atoms with E-state index in [4.69, 9.17) is 5.11 Å². The molecule has 1 atom stereocenters. The van der Waals surface area contributed by atoms with Gasteiger partial charge in [-0.05, 0) is 26.3 Å². The lowest BCUT2D eigenvalue weighted by Crippen LogP contribution is -2.45. The van der Waals surface area contributed by atoms with Crippen LogP contribution in [0.5, 0.6) is 0 Å². The molecular formula is C8H14FNO2. The highest BCUT2D eigenvalue weighted by molar-refractivity contribution is 5.69. The lowest BCUT2D eigenvalue weighted by molar-refractivity contribution is -0.139. The Morgan fingerprint density at radius 1 is 1.75 bits per heavy atom. The lowest BCUT2D eigenvalue weighted by Gasteiger charge is -2.33. The number of carboxylic acids is 1. The monoisotopic (exact) mass is 175 g/mol. The summed E-state index contributed by atoms with van der Waals surface area (Å²) in [6.07, 6.45) is 1.30. The molecule has 0 aromatic carbocycles. The molecule has 1 N–H and O–H groups in total. The molecule has 0 aromatic rings. The average Bonchev–Trinajstić information content (AvgIpc) is 1.82. The minimum atomic E-state index is -1.20. The van der Waals surface area contributed by atoms with Crippen molar-refractivity contribution in [2.75, 3.05) is 19.6 Å². The van der Waals surface area contributed by atoms with Gasteiger partial charge in [-0.3, -0.25) is 9.69 Å². The van der Waals surface area contributed by atoms with Crippen molar-refractivity contribution in [2.45, 2.75) is 25.4 Å². The van der Waals surface area contributed by atoms with Crippen molar-refractivity contribution < 1.29 is 14.3 Å². The maximum Gasteiger partial charge on any atom is 0.317 e. The first-order valence-corrected chi connectivity index (χ1v) is 4.13. The van der Waals surface area contributed by atoms with Crippen molar-refractivity contribution in [3.8, 4) is 0 Å². The molecule has 1 rings (SSSR count). The molecule has 1 aliphatic rings. The Bertz CT molecular complexity index is 182. The highest BCUT2D eigenvalue weighted by atomic mass is 19.1. The Morgan fingerprint density at radius 2 is 2.42 bits per heavy atom. The molecule has 0 bridgehead atoms. The predicted octanol–water partition coefficient (Wildman–Crippen LogP) is 0.895. The first-order valence-electron chi connectivity index (χ1n) is 4.13. The van der Waals surface area contributed by atoms with Crippen molar-refractivity contribution in [3.63, 3.8) is 0 Å². The summed E-state index contributed by atoms with van der Waals surface area (Å²) in [7, 11) is 0. The van der Waals surface area contributed by atoms with E-state index >= 15 is 0 Å². The molecule has 1 aliphatic heterocycles. The van der Waals surface area contributed by atoms with Gasteiger partial charge in [-0.15, -0.1) is 0 Å². The van der Waals surface area contributed by atoms with E-state index in [1.54, 1.807) is 4.90 Å². The molecule has 1 unspecified atom stereocenters. The Hall–Kier alpha value is -0.640. The fourth-order valence-electron chi connectivity index (χ4n) is 1.62. The smallest absolute Gasteiger partial charge is 0.317 e. The van der Waals surface area contributed by atoms with Crippen molar-refractivity contribution in [1.82, 2.24) is 4.90 Å².